The Balaban J connectivity index is 2.24. The van der Waals surface area contributed by atoms with E-state index in [1.807, 2.05) is 18.7 Å². The summed E-state index contributed by atoms with van der Waals surface area (Å²) in [5, 5.41) is 12.9. The standard InChI is InChI=1S/C10H21NOS/c1-8(12)10(2,3)11-6-9-4-5-13-7-9/h8-9,11-12H,4-7H2,1-3H3. The highest BCUT2D eigenvalue weighted by Crippen LogP contribution is 2.23. The molecule has 2 atom stereocenters. The minimum Gasteiger partial charge on any atom is -0.392 e. The van der Waals surface area contributed by atoms with E-state index in [1.54, 1.807) is 0 Å². The highest BCUT2D eigenvalue weighted by atomic mass is 32.2. The van der Waals surface area contributed by atoms with Gasteiger partial charge in [-0.25, -0.2) is 0 Å². The third kappa shape index (κ3) is 3.49. The molecule has 3 heteroatoms. The minimum atomic E-state index is -0.290. The van der Waals surface area contributed by atoms with E-state index in [-0.39, 0.29) is 11.6 Å². The van der Waals surface area contributed by atoms with Gasteiger partial charge in [0.1, 0.15) is 0 Å². The maximum absolute atomic E-state index is 9.49. The van der Waals surface area contributed by atoms with Gasteiger partial charge in [-0.1, -0.05) is 0 Å². The number of hydrogen-bond donors (Lipinski definition) is 2. The van der Waals surface area contributed by atoms with Gasteiger partial charge >= 0.3 is 0 Å². The number of nitrogens with one attached hydrogen (secondary N) is 1. The Kier molecular flexibility index (Phi) is 4.07. The Morgan fingerprint density at radius 1 is 1.62 bits per heavy atom. The third-order valence-corrected chi connectivity index (χ3v) is 4.15. The number of aliphatic hydroxyl groups is 1. The molecule has 1 aliphatic heterocycles. The van der Waals surface area contributed by atoms with Gasteiger partial charge in [0.2, 0.25) is 0 Å². The lowest BCUT2D eigenvalue weighted by Crippen LogP contribution is -2.49. The molecule has 0 aliphatic carbocycles. The molecular weight excluding hydrogens is 182 g/mol. The van der Waals surface area contributed by atoms with E-state index < -0.39 is 0 Å². The van der Waals surface area contributed by atoms with Crippen LogP contribution >= 0.6 is 11.8 Å². The zero-order valence-electron chi connectivity index (χ0n) is 8.84. The Labute approximate surface area is 85.5 Å². The van der Waals surface area contributed by atoms with Crippen molar-refractivity contribution in [2.45, 2.75) is 38.8 Å². The molecule has 0 spiro atoms. The van der Waals surface area contributed by atoms with Crippen molar-refractivity contribution in [1.82, 2.24) is 5.32 Å². The highest BCUT2D eigenvalue weighted by molar-refractivity contribution is 7.99. The molecule has 0 aromatic rings. The van der Waals surface area contributed by atoms with Gasteiger partial charge in [-0.15, -0.1) is 0 Å². The van der Waals surface area contributed by atoms with Crippen molar-refractivity contribution in [2.24, 2.45) is 5.92 Å². The highest BCUT2D eigenvalue weighted by Gasteiger charge is 2.25. The molecule has 0 saturated carbocycles. The monoisotopic (exact) mass is 203 g/mol. The smallest absolute Gasteiger partial charge is 0.0688 e. The molecule has 2 unspecified atom stereocenters. The van der Waals surface area contributed by atoms with Crippen molar-refractivity contribution < 1.29 is 5.11 Å². The van der Waals surface area contributed by atoms with Gasteiger partial charge < -0.3 is 10.4 Å². The van der Waals surface area contributed by atoms with Crippen molar-refractivity contribution >= 4 is 11.8 Å². The van der Waals surface area contributed by atoms with Crippen molar-refractivity contribution in [3.05, 3.63) is 0 Å². The van der Waals surface area contributed by atoms with Gasteiger partial charge in [-0.3, -0.25) is 0 Å². The summed E-state index contributed by atoms with van der Waals surface area (Å²) in [6, 6.07) is 0. The average molecular weight is 203 g/mol. The molecule has 0 radical (unpaired) electrons. The van der Waals surface area contributed by atoms with Gasteiger partial charge in [0.15, 0.2) is 0 Å². The van der Waals surface area contributed by atoms with E-state index in [1.165, 1.54) is 17.9 Å². The first-order chi connectivity index (χ1) is 6.02. The molecule has 13 heavy (non-hydrogen) atoms. The van der Waals surface area contributed by atoms with E-state index in [0.29, 0.717) is 0 Å². The third-order valence-electron chi connectivity index (χ3n) is 2.91. The molecule has 0 aromatic carbocycles. The predicted molar refractivity (Wildman–Crippen MR) is 59.2 cm³/mol. The topological polar surface area (TPSA) is 32.3 Å². The first kappa shape index (κ1) is 11.3. The molecule has 78 valence electrons. The summed E-state index contributed by atoms with van der Waals surface area (Å²) in [5.41, 5.74) is -0.146. The second kappa shape index (κ2) is 4.67. The zero-order valence-corrected chi connectivity index (χ0v) is 9.66. The van der Waals surface area contributed by atoms with E-state index >= 15 is 0 Å². The second-order valence-electron chi connectivity index (χ2n) is 4.51. The largest absolute Gasteiger partial charge is 0.392 e. The van der Waals surface area contributed by atoms with Gasteiger partial charge in [0, 0.05) is 5.54 Å². The van der Waals surface area contributed by atoms with Crippen molar-refractivity contribution in [2.75, 3.05) is 18.1 Å². The Hall–Kier alpha value is 0.270. The van der Waals surface area contributed by atoms with Crippen LogP contribution in [0.25, 0.3) is 0 Å². The average Bonchev–Trinajstić information content (AvgIpc) is 2.52. The molecule has 1 fully saturated rings. The normalized spacial score (nSPS) is 26.3. The van der Waals surface area contributed by atoms with Gasteiger partial charge in [-0.2, -0.15) is 11.8 Å². The van der Waals surface area contributed by atoms with Gasteiger partial charge in [0.25, 0.3) is 0 Å². The van der Waals surface area contributed by atoms with Crippen LogP contribution in [-0.2, 0) is 0 Å². The molecule has 1 aliphatic rings. The van der Waals surface area contributed by atoms with Crippen LogP contribution in [0.1, 0.15) is 27.2 Å². The molecule has 2 nitrogen and oxygen atoms in total. The molecule has 1 heterocycles. The fourth-order valence-corrected chi connectivity index (χ4v) is 2.58. The first-order valence-corrected chi connectivity index (χ1v) is 6.18. The van der Waals surface area contributed by atoms with Crippen LogP contribution in [-0.4, -0.2) is 34.8 Å². The maximum Gasteiger partial charge on any atom is 0.0688 e. The minimum absolute atomic E-state index is 0.146. The fraction of sp³-hybridized carbons (Fsp3) is 1.00. The lowest BCUT2D eigenvalue weighted by molar-refractivity contribution is 0.0943. The molecule has 1 rings (SSSR count). The summed E-state index contributed by atoms with van der Waals surface area (Å²) in [6.45, 7) is 7.00. The number of thioether (sulfide) groups is 1. The Morgan fingerprint density at radius 3 is 2.77 bits per heavy atom. The summed E-state index contributed by atoms with van der Waals surface area (Å²) < 4.78 is 0. The van der Waals surface area contributed by atoms with Crippen molar-refractivity contribution in [1.29, 1.82) is 0 Å². The Morgan fingerprint density at radius 2 is 2.31 bits per heavy atom. The number of aliphatic hydroxyl groups excluding tert-OH is 1. The SMILES string of the molecule is CC(O)C(C)(C)NCC1CCSC1. The van der Waals surface area contributed by atoms with Crippen LogP contribution in [0.2, 0.25) is 0 Å². The maximum atomic E-state index is 9.49. The van der Waals surface area contributed by atoms with Crippen LogP contribution in [0.4, 0.5) is 0 Å². The van der Waals surface area contributed by atoms with Crippen LogP contribution in [0.15, 0.2) is 0 Å². The van der Waals surface area contributed by atoms with E-state index in [0.717, 1.165) is 12.5 Å². The van der Waals surface area contributed by atoms with Crippen LogP contribution in [0.3, 0.4) is 0 Å². The van der Waals surface area contributed by atoms with E-state index in [4.69, 9.17) is 0 Å². The number of hydrogen-bond acceptors (Lipinski definition) is 3. The summed E-state index contributed by atoms with van der Waals surface area (Å²) >= 11 is 2.04. The van der Waals surface area contributed by atoms with Gasteiger partial charge in [0.05, 0.1) is 6.10 Å². The van der Waals surface area contributed by atoms with E-state index in [9.17, 15) is 5.11 Å². The summed E-state index contributed by atoms with van der Waals surface area (Å²) in [4.78, 5) is 0. The van der Waals surface area contributed by atoms with Crippen LogP contribution < -0.4 is 5.32 Å². The number of rotatable bonds is 4. The lowest BCUT2D eigenvalue weighted by Gasteiger charge is -2.30. The molecule has 1 saturated heterocycles. The summed E-state index contributed by atoms with van der Waals surface area (Å²) in [5.74, 6) is 3.40. The quantitative estimate of drug-likeness (QED) is 0.726. The second-order valence-corrected chi connectivity index (χ2v) is 5.66. The molecule has 0 aromatic heterocycles. The van der Waals surface area contributed by atoms with Crippen LogP contribution in [0.5, 0.6) is 0 Å². The molecular formula is C10H21NOS. The van der Waals surface area contributed by atoms with Crippen LogP contribution in [0, 0.1) is 5.92 Å². The predicted octanol–water partition coefficient (Wildman–Crippen LogP) is 1.49. The van der Waals surface area contributed by atoms with Crippen molar-refractivity contribution in [3.8, 4) is 0 Å². The zero-order chi connectivity index (χ0) is 9.90. The summed E-state index contributed by atoms with van der Waals surface area (Å²) in [7, 11) is 0. The first-order valence-electron chi connectivity index (χ1n) is 5.03. The molecule has 2 N–H and O–H groups in total. The summed E-state index contributed by atoms with van der Waals surface area (Å²) in [6.07, 6.45) is 1.04. The molecule has 0 amide bonds. The fourth-order valence-electron chi connectivity index (χ4n) is 1.30. The van der Waals surface area contributed by atoms with E-state index in [2.05, 4.69) is 19.2 Å². The molecule has 0 bridgehead atoms. The van der Waals surface area contributed by atoms with Crippen molar-refractivity contribution in [3.63, 3.8) is 0 Å². The lowest BCUT2D eigenvalue weighted by atomic mass is 9.97. The Bertz CT molecular complexity index is 153. The van der Waals surface area contributed by atoms with Gasteiger partial charge in [-0.05, 0) is 51.2 Å².